The van der Waals surface area contributed by atoms with Crippen molar-refractivity contribution in [1.82, 2.24) is 0 Å². The third-order valence-corrected chi connectivity index (χ3v) is 16.4. The highest BCUT2D eigenvalue weighted by atomic mass is 32.1. The molecule has 4 aromatic carbocycles. The normalized spacial score (nSPS) is 12.6. The molecule has 5 heterocycles. The van der Waals surface area contributed by atoms with Crippen LogP contribution in [-0.2, 0) is 24.7 Å². The maximum Gasteiger partial charge on any atom is 0.416 e. The Balaban J connectivity index is 1.23. The van der Waals surface area contributed by atoms with E-state index in [1.54, 1.807) is 24.3 Å². The smallest absolute Gasteiger partial charge is 0.166 e. The molecule has 17 heteroatoms. The zero-order valence-corrected chi connectivity index (χ0v) is 36.5. The van der Waals surface area contributed by atoms with Gasteiger partial charge in [-0.05, 0) is 119 Å². The molecular weight excluding hydrogens is 965 g/mol. The van der Waals surface area contributed by atoms with Gasteiger partial charge in [-0.3, -0.25) is 0 Å². The Morgan fingerprint density at radius 3 is 0.646 bits per heavy atom. The van der Waals surface area contributed by atoms with E-state index in [0.717, 1.165) is 88.9 Å². The first kappa shape index (κ1) is 44.7. The molecule has 0 amide bonds. The Morgan fingerprint density at radius 1 is 0.215 bits per heavy atom. The Labute approximate surface area is 382 Å². The van der Waals surface area contributed by atoms with Crippen molar-refractivity contribution in [2.24, 2.45) is 0 Å². The Morgan fingerprint density at radius 2 is 0.415 bits per heavy atom. The maximum atomic E-state index is 13.5. The minimum Gasteiger partial charge on any atom is -0.166 e. The van der Waals surface area contributed by atoms with Gasteiger partial charge in [0.1, 0.15) is 0 Å². The lowest BCUT2D eigenvalue weighted by Gasteiger charge is -2.08. The van der Waals surface area contributed by atoms with Crippen LogP contribution in [-0.4, -0.2) is 0 Å². The number of alkyl halides is 12. The van der Waals surface area contributed by atoms with E-state index in [1.807, 2.05) is 24.3 Å². The predicted octanol–water partition coefficient (Wildman–Crippen LogP) is 19.4. The van der Waals surface area contributed by atoms with E-state index in [-0.39, 0.29) is 0 Å². The summed E-state index contributed by atoms with van der Waals surface area (Å²) in [6, 6.07) is 33.8. The predicted molar refractivity (Wildman–Crippen MR) is 239 cm³/mol. The lowest BCUT2D eigenvalue weighted by Crippen LogP contribution is -2.03. The molecule has 0 nitrogen and oxygen atoms in total. The molecule has 0 aliphatic carbocycles. The quantitative estimate of drug-likeness (QED) is 0.133. The molecule has 0 atom stereocenters. The lowest BCUT2D eigenvalue weighted by atomic mass is 10.0. The standard InChI is InChI=1S/C48H24F12S5/c49-45(50,51)29-9-1-25(2-10-29)33-17-21-37(61-33)41-42(38-22-18-34(62-38)26-3-11-30(12-4-26)46(52,53)54)44(40-24-20-36(64-40)28-7-15-32(16-8-28)48(58,59)60)65-43(41)39-23-19-35(63-39)27-5-13-31(14-6-27)47(55,56)57/h1-24H. The molecule has 330 valence electrons. The average molecular weight is 989 g/mol. The summed E-state index contributed by atoms with van der Waals surface area (Å²) in [5.74, 6) is 0. The van der Waals surface area contributed by atoms with Crippen LogP contribution in [0.15, 0.2) is 146 Å². The molecule has 9 aromatic rings. The molecule has 5 aromatic heterocycles. The molecule has 0 spiro atoms. The Hall–Kier alpha value is -5.46. The van der Waals surface area contributed by atoms with E-state index in [1.165, 1.54) is 105 Å². The lowest BCUT2D eigenvalue weighted by molar-refractivity contribution is -0.138. The highest BCUT2D eigenvalue weighted by Crippen LogP contribution is 2.58. The molecular formula is C48H24F12S5. The van der Waals surface area contributed by atoms with Crippen LogP contribution in [0.4, 0.5) is 52.7 Å². The van der Waals surface area contributed by atoms with E-state index in [2.05, 4.69) is 0 Å². The van der Waals surface area contributed by atoms with Gasteiger partial charge in [0.25, 0.3) is 0 Å². The van der Waals surface area contributed by atoms with E-state index < -0.39 is 47.0 Å². The highest BCUT2D eigenvalue weighted by Gasteiger charge is 2.34. The topological polar surface area (TPSA) is 0 Å². The minimum absolute atomic E-state index is 0.536. The van der Waals surface area contributed by atoms with Crippen LogP contribution in [0.2, 0.25) is 0 Å². The summed E-state index contributed by atoms with van der Waals surface area (Å²) in [7, 11) is 0. The van der Waals surface area contributed by atoms with E-state index in [0.29, 0.717) is 41.8 Å². The van der Waals surface area contributed by atoms with Crippen molar-refractivity contribution in [3.8, 4) is 82.2 Å². The molecule has 65 heavy (non-hydrogen) atoms. The molecule has 0 aliphatic rings. The van der Waals surface area contributed by atoms with Crippen LogP contribution in [0, 0.1) is 0 Å². The van der Waals surface area contributed by atoms with Crippen molar-refractivity contribution in [2.45, 2.75) is 24.7 Å². The highest BCUT2D eigenvalue weighted by molar-refractivity contribution is 7.30. The molecule has 0 saturated heterocycles. The minimum atomic E-state index is -4.54. The SMILES string of the molecule is FC(F)(F)c1ccc(-c2ccc(-c3sc(-c4ccc(-c5ccc(C(F)(F)F)cc5)s4)c(-c4ccc(-c5ccc(C(F)(F)F)cc5)s4)c3-c3ccc(-c4ccc(C(F)(F)F)cc4)s3)s2)cc1. The van der Waals surface area contributed by atoms with Gasteiger partial charge in [0.2, 0.25) is 0 Å². The first-order valence-electron chi connectivity index (χ1n) is 19.0. The second-order valence-electron chi connectivity index (χ2n) is 14.5. The van der Waals surface area contributed by atoms with Crippen molar-refractivity contribution in [3.05, 3.63) is 168 Å². The molecule has 0 aliphatic heterocycles. The van der Waals surface area contributed by atoms with E-state index >= 15 is 0 Å². The van der Waals surface area contributed by atoms with Crippen molar-refractivity contribution in [3.63, 3.8) is 0 Å². The summed E-state index contributed by atoms with van der Waals surface area (Å²) < 4.78 is 162. The fourth-order valence-electron chi connectivity index (χ4n) is 7.03. The van der Waals surface area contributed by atoms with Gasteiger partial charge in [0.15, 0.2) is 0 Å². The van der Waals surface area contributed by atoms with Gasteiger partial charge in [0.05, 0.1) is 32.0 Å². The molecule has 0 radical (unpaired) electrons. The fourth-order valence-corrected chi connectivity index (χ4v) is 12.9. The first-order chi connectivity index (χ1) is 30.7. The number of thiophene rings is 5. The van der Waals surface area contributed by atoms with Gasteiger partial charge in [-0.25, -0.2) is 0 Å². The second kappa shape index (κ2) is 16.8. The van der Waals surface area contributed by atoms with Crippen LogP contribution in [0.25, 0.3) is 82.2 Å². The summed E-state index contributed by atoms with van der Waals surface area (Å²) in [5, 5.41) is 0. The summed E-state index contributed by atoms with van der Waals surface area (Å²) in [6.07, 6.45) is -18.1. The summed E-state index contributed by atoms with van der Waals surface area (Å²) in [5.41, 5.74) is 0.431. The second-order valence-corrected chi connectivity index (χ2v) is 19.8. The number of benzene rings is 4. The van der Waals surface area contributed by atoms with Crippen molar-refractivity contribution < 1.29 is 52.7 Å². The van der Waals surface area contributed by atoms with Gasteiger partial charge in [-0.2, -0.15) is 52.7 Å². The Bertz CT molecular complexity index is 2900. The van der Waals surface area contributed by atoms with Gasteiger partial charge in [-0.15, -0.1) is 56.7 Å². The zero-order valence-electron chi connectivity index (χ0n) is 32.4. The third kappa shape index (κ3) is 9.21. The number of hydrogen-bond donors (Lipinski definition) is 0. The fraction of sp³-hybridized carbons (Fsp3) is 0.0833. The number of hydrogen-bond acceptors (Lipinski definition) is 5. The monoisotopic (exact) mass is 988 g/mol. The van der Waals surface area contributed by atoms with Gasteiger partial charge < -0.3 is 0 Å². The van der Waals surface area contributed by atoms with Crippen LogP contribution in [0.3, 0.4) is 0 Å². The van der Waals surface area contributed by atoms with Gasteiger partial charge in [-0.1, -0.05) is 48.5 Å². The molecule has 0 bridgehead atoms. The molecule has 0 saturated carbocycles. The van der Waals surface area contributed by atoms with Crippen molar-refractivity contribution in [1.29, 1.82) is 0 Å². The first-order valence-corrected chi connectivity index (χ1v) is 23.1. The Kier molecular flexibility index (Phi) is 11.5. The zero-order chi connectivity index (χ0) is 46.1. The molecule has 9 rings (SSSR count). The molecule has 0 fully saturated rings. The van der Waals surface area contributed by atoms with Gasteiger partial charge in [0, 0.05) is 50.1 Å². The van der Waals surface area contributed by atoms with E-state index in [9.17, 15) is 52.7 Å². The summed E-state index contributed by atoms with van der Waals surface area (Å²) >= 11 is 6.76. The third-order valence-electron chi connectivity index (χ3n) is 10.3. The van der Waals surface area contributed by atoms with Crippen LogP contribution >= 0.6 is 56.7 Å². The van der Waals surface area contributed by atoms with Crippen LogP contribution in [0.1, 0.15) is 22.3 Å². The molecule has 0 N–H and O–H groups in total. The summed E-state index contributed by atoms with van der Waals surface area (Å²) in [6.45, 7) is 0. The van der Waals surface area contributed by atoms with Crippen molar-refractivity contribution >= 4 is 56.7 Å². The molecule has 0 unspecified atom stereocenters. The van der Waals surface area contributed by atoms with Crippen LogP contribution in [0.5, 0.6) is 0 Å². The van der Waals surface area contributed by atoms with E-state index in [4.69, 9.17) is 0 Å². The van der Waals surface area contributed by atoms with Gasteiger partial charge >= 0.3 is 24.7 Å². The number of halogens is 12. The number of rotatable bonds is 8. The largest absolute Gasteiger partial charge is 0.416 e. The maximum absolute atomic E-state index is 13.5. The average Bonchev–Trinajstić information content (AvgIpc) is 4.12. The summed E-state index contributed by atoms with van der Waals surface area (Å²) in [4.78, 5) is 7.12. The van der Waals surface area contributed by atoms with Crippen molar-refractivity contribution in [2.75, 3.05) is 0 Å². The van der Waals surface area contributed by atoms with Crippen LogP contribution < -0.4 is 0 Å².